The Labute approximate surface area is 109 Å². The highest BCUT2D eigenvalue weighted by Gasteiger charge is 2.49. The second-order valence-corrected chi connectivity index (χ2v) is 5.99. The van der Waals surface area contributed by atoms with Crippen LogP contribution in [0.4, 0.5) is 0 Å². The van der Waals surface area contributed by atoms with Crippen LogP contribution in [0.3, 0.4) is 0 Å². The van der Waals surface area contributed by atoms with Gasteiger partial charge in [-0.1, -0.05) is 0 Å². The van der Waals surface area contributed by atoms with Gasteiger partial charge in [-0.05, 0) is 46.6 Å². The molecule has 104 valence electrons. The zero-order valence-corrected chi connectivity index (χ0v) is 12.0. The molecular formula is C13H24N2O3. The largest absolute Gasteiger partial charge is 0.458 e. The first-order chi connectivity index (χ1) is 8.19. The molecule has 1 atom stereocenters. The van der Waals surface area contributed by atoms with E-state index in [2.05, 4.69) is 5.32 Å². The summed E-state index contributed by atoms with van der Waals surface area (Å²) in [5.41, 5.74) is -1.79. The van der Waals surface area contributed by atoms with Crippen LogP contribution < -0.4 is 5.32 Å². The lowest BCUT2D eigenvalue weighted by molar-refractivity contribution is -0.169. The highest BCUT2D eigenvalue weighted by molar-refractivity contribution is 6.07. The number of nitrogens with zero attached hydrogens (tertiary/aromatic N) is 1. The quantitative estimate of drug-likeness (QED) is 0.590. The number of rotatable bonds is 2. The summed E-state index contributed by atoms with van der Waals surface area (Å²) in [6, 6.07) is 0. The van der Waals surface area contributed by atoms with Crippen molar-refractivity contribution in [2.75, 3.05) is 20.6 Å². The Morgan fingerprint density at radius 3 is 2.22 bits per heavy atom. The Kier molecular flexibility index (Phi) is 4.37. The second-order valence-electron chi connectivity index (χ2n) is 5.99. The van der Waals surface area contributed by atoms with Gasteiger partial charge in [0.25, 0.3) is 5.91 Å². The fourth-order valence-electron chi connectivity index (χ4n) is 2.10. The van der Waals surface area contributed by atoms with Gasteiger partial charge in [-0.2, -0.15) is 0 Å². The lowest BCUT2D eigenvalue weighted by Gasteiger charge is -2.38. The number of carbonyl (C=O) groups excluding carboxylic acids is 2. The van der Waals surface area contributed by atoms with E-state index >= 15 is 0 Å². The van der Waals surface area contributed by atoms with Gasteiger partial charge < -0.3 is 9.64 Å². The van der Waals surface area contributed by atoms with Crippen LogP contribution in [0.5, 0.6) is 0 Å². The van der Waals surface area contributed by atoms with E-state index in [9.17, 15) is 9.59 Å². The smallest absolute Gasteiger partial charge is 0.336 e. The van der Waals surface area contributed by atoms with E-state index in [1.807, 2.05) is 20.8 Å². The monoisotopic (exact) mass is 256 g/mol. The van der Waals surface area contributed by atoms with Crippen molar-refractivity contribution in [2.24, 2.45) is 0 Å². The number of carbonyl (C=O) groups is 2. The number of ether oxygens (including phenoxy) is 1. The number of nitrogens with one attached hydrogen (secondary N) is 1. The molecule has 0 unspecified atom stereocenters. The molecule has 0 aliphatic carbocycles. The van der Waals surface area contributed by atoms with E-state index in [-0.39, 0.29) is 5.91 Å². The summed E-state index contributed by atoms with van der Waals surface area (Å²) < 4.78 is 5.40. The summed E-state index contributed by atoms with van der Waals surface area (Å²) in [5, 5.41) is 3.07. The minimum Gasteiger partial charge on any atom is -0.458 e. The molecule has 0 bridgehead atoms. The van der Waals surface area contributed by atoms with Crippen molar-refractivity contribution in [3.63, 3.8) is 0 Å². The first kappa shape index (κ1) is 15.0. The minimum absolute atomic E-state index is 0.226. The van der Waals surface area contributed by atoms with E-state index in [1.54, 1.807) is 14.1 Å². The van der Waals surface area contributed by atoms with Crippen LogP contribution in [-0.4, -0.2) is 48.6 Å². The highest BCUT2D eigenvalue weighted by atomic mass is 16.6. The first-order valence-electron chi connectivity index (χ1n) is 6.39. The van der Waals surface area contributed by atoms with Crippen LogP contribution in [0.2, 0.25) is 0 Å². The third-order valence-electron chi connectivity index (χ3n) is 2.92. The molecule has 1 rings (SSSR count). The maximum absolute atomic E-state index is 12.3. The molecule has 5 heteroatoms. The van der Waals surface area contributed by atoms with E-state index in [1.165, 1.54) is 4.90 Å². The van der Waals surface area contributed by atoms with Crippen molar-refractivity contribution in [1.82, 2.24) is 10.2 Å². The Morgan fingerprint density at radius 1 is 1.22 bits per heavy atom. The molecule has 0 aromatic rings. The summed E-state index contributed by atoms with van der Waals surface area (Å²) >= 11 is 0. The molecular weight excluding hydrogens is 232 g/mol. The number of likely N-dealkylation sites (N-methyl/N-ethyl adjacent to an activating group) is 1. The number of esters is 1. The SMILES string of the molecule is CN(C)C(=O)[C@]1(C(=O)OC(C)(C)C)CCCCN1. The molecule has 1 fully saturated rings. The molecule has 0 radical (unpaired) electrons. The fourth-order valence-corrected chi connectivity index (χ4v) is 2.10. The van der Waals surface area contributed by atoms with E-state index in [0.717, 1.165) is 12.8 Å². The molecule has 1 aliphatic heterocycles. The predicted molar refractivity (Wildman–Crippen MR) is 69.1 cm³/mol. The van der Waals surface area contributed by atoms with Crippen LogP contribution in [-0.2, 0) is 14.3 Å². The first-order valence-corrected chi connectivity index (χ1v) is 6.39. The van der Waals surface area contributed by atoms with Crippen molar-refractivity contribution < 1.29 is 14.3 Å². The Hall–Kier alpha value is -1.10. The molecule has 1 amide bonds. The molecule has 1 N–H and O–H groups in total. The molecule has 1 aliphatic rings. The molecule has 1 heterocycles. The number of hydrogen-bond donors (Lipinski definition) is 1. The van der Waals surface area contributed by atoms with Crippen LogP contribution in [0, 0.1) is 0 Å². The van der Waals surface area contributed by atoms with E-state index in [4.69, 9.17) is 4.74 Å². The van der Waals surface area contributed by atoms with Gasteiger partial charge >= 0.3 is 5.97 Å². The zero-order chi connectivity index (χ0) is 14.0. The summed E-state index contributed by atoms with van der Waals surface area (Å²) in [4.78, 5) is 26.1. The molecule has 0 aromatic heterocycles. The van der Waals surface area contributed by atoms with Crippen LogP contribution in [0.15, 0.2) is 0 Å². The van der Waals surface area contributed by atoms with Crippen molar-refractivity contribution in [3.8, 4) is 0 Å². The topological polar surface area (TPSA) is 58.6 Å². The average molecular weight is 256 g/mol. The maximum Gasteiger partial charge on any atom is 0.336 e. The Morgan fingerprint density at radius 2 is 1.83 bits per heavy atom. The van der Waals surface area contributed by atoms with E-state index in [0.29, 0.717) is 13.0 Å². The Bertz CT molecular complexity index is 326. The van der Waals surface area contributed by atoms with Crippen molar-refractivity contribution >= 4 is 11.9 Å². The highest BCUT2D eigenvalue weighted by Crippen LogP contribution is 2.25. The van der Waals surface area contributed by atoms with Gasteiger partial charge in [-0.25, -0.2) is 4.79 Å². The average Bonchev–Trinajstić information content (AvgIpc) is 2.26. The van der Waals surface area contributed by atoms with E-state index < -0.39 is 17.1 Å². The summed E-state index contributed by atoms with van der Waals surface area (Å²) in [6.07, 6.45) is 2.33. The molecule has 0 aromatic carbocycles. The molecule has 1 saturated heterocycles. The number of piperidine rings is 1. The van der Waals surface area contributed by atoms with Gasteiger partial charge in [0.05, 0.1) is 0 Å². The summed E-state index contributed by atoms with van der Waals surface area (Å²) in [6.45, 7) is 6.09. The third kappa shape index (κ3) is 3.22. The van der Waals surface area contributed by atoms with Crippen molar-refractivity contribution in [2.45, 2.75) is 51.2 Å². The molecule has 0 saturated carbocycles. The summed E-state index contributed by atoms with van der Waals surface area (Å²) in [7, 11) is 3.31. The minimum atomic E-state index is -1.20. The molecule has 0 spiro atoms. The standard InChI is InChI=1S/C13H24N2O3/c1-12(2,3)18-11(17)13(10(16)15(4)5)8-6-7-9-14-13/h14H,6-9H2,1-5H3/t13-/m0/s1. The normalized spacial score (nSPS) is 24.5. The van der Waals surface area contributed by atoms with Gasteiger partial charge in [0.15, 0.2) is 5.54 Å². The predicted octanol–water partition coefficient (Wildman–Crippen LogP) is 0.929. The molecule has 5 nitrogen and oxygen atoms in total. The summed E-state index contributed by atoms with van der Waals surface area (Å²) in [5.74, 6) is -0.690. The third-order valence-corrected chi connectivity index (χ3v) is 2.92. The zero-order valence-electron chi connectivity index (χ0n) is 12.0. The number of amides is 1. The Balaban J connectivity index is 2.97. The second kappa shape index (κ2) is 5.26. The van der Waals surface area contributed by atoms with Gasteiger partial charge in [0.2, 0.25) is 0 Å². The van der Waals surface area contributed by atoms with Crippen molar-refractivity contribution in [3.05, 3.63) is 0 Å². The van der Waals surface area contributed by atoms with Crippen LogP contribution in [0.25, 0.3) is 0 Å². The van der Waals surface area contributed by atoms with Crippen LogP contribution >= 0.6 is 0 Å². The maximum atomic E-state index is 12.3. The van der Waals surface area contributed by atoms with Crippen molar-refractivity contribution in [1.29, 1.82) is 0 Å². The van der Waals surface area contributed by atoms with Gasteiger partial charge in [-0.3, -0.25) is 10.1 Å². The van der Waals surface area contributed by atoms with Gasteiger partial charge in [0.1, 0.15) is 5.60 Å². The number of hydrogen-bond acceptors (Lipinski definition) is 4. The fraction of sp³-hybridized carbons (Fsp3) is 0.846. The lowest BCUT2D eigenvalue weighted by Crippen LogP contribution is -2.64. The molecule has 18 heavy (non-hydrogen) atoms. The van der Waals surface area contributed by atoms with Crippen LogP contribution in [0.1, 0.15) is 40.0 Å². The van der Waals surface area contributed by atoms with Gasteiger partial charge in [-0.15, -0.1) is 0 Å². The lowest BCUT2D eigenvalue weighted by atomic mass is 9.87. The van der Waals surface area contributed by atoms with Gasteiger partial charge in [0, 0.05) is 14.1 Å².